The lowest BCUT2D eigenvalue weighted by Crippen LogP contribution is -2.20. The molecule has 98 valence electrons. The lowest BCUT2D eigenvalue weighted by molar-refractivity contribution is 0.0593. The number of hydrogen-bond donors (Lipinski definition) is 1. The van der Waals surface area contributed by atoms with Crippen molar-refractivity contribution in [2.75, 3.05) is 25.6 Å². The predicted octanol–water partition coefficient (Wildman–Crippen LogP) is 1.27. The van der Waals surface area contributed by atoms with Gasteiger partial charge in [0.15, 0.2) is 5.69 Å². The number of aromatic nitrogens is 2. The fourth-order valence-corrected chi connectivity index (χ4v) is 1.17. The van der Waals surface area contributed by atoms with Crippen LogP contribution in [0, 0.1) is 0 Å². The molecule has 0 aromatic carbocycles. The summed E-state index contributed by atoms with van der Waals surface area (Å²) in [4.78, 5) is 19.1. The first kappa shape index (κ1) is 14.1. The van der Waals surface area contributed by atoms with E-state index in [1.54, 1.807) is 6.08 Å². The topological polar surface area (TPSA) is 73.3 Å². The van der Waals surface area contributed by atoms with Gasteiger partial charge in [0.2, 0.25) is 0 Å². The number of hydrogen-bond acceptors (Lipinski definition) is 6. The van der Waals surface area contributed by atoms with E-state index in [-0.39, 0.29) is 11.8 Å². The maximum absolute atomic E-state index is 11.1. The molecule has 18 heavy (non-hydrogen) atoms. The molecular weight excluding hydrogens is 234 g/mol. The molecule has 0 bridgehead atoms. The Morgan fingerprint density at radius 1 is 1.56 bits per heavy atom. The van der Waals surface area contributed by atoms with Crippen LogP contribution in [0.1, 0.15) is 17.4 Å². The van der Waals surface area contributed by atoms with Crippen molar-refractivity contribution in [1.82, 2.24) is 9.97 Å². The molecule has 1 unspecified atom stereocenters. The molecule has 0 saturated carbocycles. The molecular formula is C12H17N3O3. The highest BCUT2D eigenvalue weighted by Crippen LogP contribution is 2.03. The summed E-state index contributed by atoms with van der Waals surface area (Å²) in [6, 6.07) is 0. The number of methoxy groups -OCH3 is 1. The Morgan fingerprint density at radius 2 is 2.33 bits per heavy atom. The van der Waals surface area contributed by atoms with Crippen LogP contribution >= 0.6 is 0 Å². The average Bonchev–Trinajstić information content (AvgIpc) is 2.42. The van der Waals surface area contributed by atoms with Gasteiger partial charge >= 0.3 is 5.97 Å². The van der Waals surface area contributed by atoms with Crippen LogP contribution in [0.25, 0.3) is 0 Å². The van der Waals surface area contributed by atoms with E-state index in [4.69, 9.17) is 4.74 Å². The number of carbonyl (C=O) groups is 1. The number of esters is 1. The third kappa shape index (κ3) is 4.50. The standard InChI is InChI=1S/C12H17N3O3/c1-4-5-18-9(2)6-14-11-8-13-10(7-15-11)12(16)17-3/h4,7-9H,1,5-6H2,2-3H3,(H,14,15). The molecule has 0 radical (unpaired) electrons. The van der Waals surface area contributed by atoms with Crippen LogP contribution in [0.4, 0.5) is 5.82 Å². The van der Waals surface area contributed by atoms with Crippen LogP contribution in [0.15, 0.2) is 25.0 Å². The molecule has 1 heterocycles. The maximum Gasteiger partial charge on any atom is 0.358 e. The zero-order valence-corrected chi connectivity index (χ0v) is 10.5. The number of carbonyl (C=O) groups excluding carboxylic acids is 1. The molecule has 6 nitrogen and oxygen atoms in total. The molecule has 1 aromatic heterocycles. The van der Waals surface area contributed by atoms with Gasteiger partial charge in [-0.05, 0) is 6.92 Å². The minimum absolute atomic E-state index is 0.0325. The van der Waals surface area contributed by atoms with Crippen LogP contribution < -0.4 is 5.32 Å². The van der Waals surface area contributed by atoms with Crippen molar-refractivity contribution in [2.45, 2.75) is 13.0 Å². The second-order valence-corrected chi connectivity index (χ2v) is 3.59. The average molecular weight is 251 g/mol. The van der Waals surface area contributed by atoms with E-state index < -0.39 is 5.97 Å². The van der Waals surface area contributed by atoms with E-state index in [1.165, 1.54) is 19.5 Å². The van der Waals surface area contributed by atoms with Crippen molar-refractivity contribution in [3.8, 4) is 0 Å². The van der Waals surface area contributed by atoms with Crippen molar-refractivity contribution < 1.29 is 14.3 Å². The summed E-state index contributed by atoms with van der Waals surface area (Å²) >= 11 is 0. The summed E-state index contributed by atoms with van der Waals surface area (Å²) in [6.07, 6.45) is 4.57. The molecule has 1 N–H and O–H groups in total. The molecule has 6 heteroatoms. The number of rotatable bonds is 7. The molecule has 0 amide bonds. The van der Waals surface area contributed by atoms with Gasteiger partial charge < -0.3 is 14.8 Å². The molecule has 0 aliphatic carbocycles. The molecule has 0 saturated heterocycles. The maximum atomic E-state index is 11.1. The van der Waals surface area contributed by atoms with Crippen LogP contribution in [0.2, 0.25) is 0 Å². The Kier molecular flexibility index (Phi) is 5.79. The van der Waals surface area contributed by atoms with E-state index in [2.05, 4.69) is 26.6 Å². The van der Waals surface area contributed by atoms with Crippen molar-refractivity contribution >= 4 is 11.8 Å². The Hall–Kier alpha value is -1.95. The second kappa shape index (κ2) is 7.39. The van der Waals surface area contributed by atoms with Gasteiger partial charge in [0.05, 0.1) is 32.2 Å². The number of ether oxygens (including phenoxy) is 2. The first-order valence-electron chi connectivity index (χ1n) is 5.54. The highest BCUT2D eigenvalue weighted by Gasteiger charge is 2.07. The zero-order chi connectivity index (χ0) is 13.4. The van der Waals surface area contributed by atoms with Gasteiger partial charge in [0.25, 0.3) is 0 Å². The predicted molar refractivity (Wildman–Crippen MR) is 67.5 cm³/mol. The van der Waals surface area contributed by atoms with Crippen LogP contribution in [-0.2, 0) is 9.47 Å². The van der Waals surface area contributed by atoms with E-state index >= 15 is 0 Å². The third-order valence-electron chi connectivity index (χ3n) is 2.12. The first-order chi connectivity index (χ1) is 8.67. The highest BCUT2D eigenvalue weighted by atomic mass is 16.5. The largest absolute Gasteiger partial charge is 0.464 e. The zero-order valence-electron chi connectivity index (χ0n) is 10.5. The van der Waals surface area contributed by atoms with E-state index in [9.17, 15) is 4.79 Å². The number of anilines is 1. The first-order valence-corrected chi connectivity index (χ1v) is 5.54. The lowest BCUT2D eigenvalue weighted by Gasteiger charge is -2.12. The van der Waals surface area contributed by atoms with Gasteiger partial charge in [0, 0.05) is 6.54 Å². The fourth-order valence-electron chi connectivity index (χ4n) is 1.17. The van der Waals surface area contributed by atoms with E-state index in [0.717, 1.165) is 0 Å². The third-order valence-corrected chi connectivity index (χ3v) is 2.12. The molecule has 0 spiro atoms. The van der Waals surface area contributed by atoms with E-state index in [1.807, 2.05) is 6.92 Å². The smallest absolute Gasteiger partial charge is 0.358 e. The lowest BCUT2D eigenvalue weighted by atomic mass is 10.4. The number of nitrogens with zero attached hydrogens (tertiary/aromatic N) is 2. The Labute approximate surface area is 106 Å². The van der Waals surface area contributed by atoms with Gasteiger partial charge in [-0.2, -0.15) is 0 Å². The molecule has 1 rings (SSSR count). The molecule has 1 atom stereocenters. The van der Waals surface area contributed by atoms with Crippen molar-refractivity contribution in [1.29, 1.82) is 0 Å². The second-order valence-electron chi connectivity index (χ2n) is 3.59. The monoisotopic (exact) mass is 251 g/mol. The summed E-state index contributed by atoms with van der Waals surface area (Å²) in [6.45, 7) is 6.62. The molecule has 0 aliphatic heterocycles. The van der Waals surface area contributed by atoms with Crippen molar-refractivity contribution in [3.63, 3.8) is 0 Å². The summed E-state index contributed by atoms with van der Waals surface area (Å²) < 4.78 is 9.92. The minimum Gasteiger partial charge on any atom is -0.464 e. The van der Waals surface area contributed by atoms with Gasteiger partial charge in [-0.25, -0.2) is 14.8 Å². The van der Waals surface area contributed by atoms with Gasteiger partial charge in [0.1, 0.15) is 5.82 Å². The van der Waals surface area contributed by atoms with Gasteiger partial charge in [-0.15, -0.1) is 6.58 Å². The van der Waals surface area contributed by atoms with Crippen LogP contribution in [0.3, 0.4) is 0 Å². The molecule has 0 fully saturated rings. The summed E-state index contributed by atoms with van der Waals surface area (Å²) in [5.41, 5.74) is 0.180. The minimum atomic E-state index is -0.503. The summed E-state index contributed by atoms with van der Waals surface area (Å²) in [5, 5.41) is 3.05. The summed E-state index contributed by atoms with van der Waals surface area (Å²) in [5.74, 6) is 0.0773. The van der Waals surface area contributed by atoms with Crippen LogP contribution in [0.5, 0.6) is 0 Å². The van der Waals surface area contributed by atoms with E-state index in [0.29, 0.717) is 19.0 Å². The number of nitrogens with one attached hydrogen (secondary N) is 1. The van der Waals surface area contributed by atoms with Gasteiger partial charge in [-0.1, -0.05) is 6.08 Å². The summed E-state index contributed by atoms with van der Waals surface area (Å²) in [7, 11) is 1.30. The van der Waals surface area contributed by atoms with Crippen molar-refractivity contribution in [3.05, 3.63) is 30.7 Å². The molecule has 1 aromatic rings. The highest BCUT2D eigenvalue weighted by molar-refractivity contribution is 5.86. The molecule has 0 aliphatic rings. The SMILES string of the molecule is C=CCOC(C)CNc1cnc(C(=O)OC)cn1. The van der Waals surface area contributed by atoms with Gasteiger partial charge in [-0.3, -0.25) is 0 Å². The Bertz CT molecular complexity index is 392. The quantitative estimate of drug-likeness (QED) is 0.581. The normalized spacial score (nSPS) is 11.7. The van der Waals surface area contributed by atoms with Crippen LogP contribution in [-0.4, -0.2) is 42.3 Å². The fraction of sp³-hybridized carbons (Fsp3) is 0.417. The van der Waals surface area contributed by atoms with Crippen molar-refractivity contribution in [2.24, 2.45) is 0 Å². The Morgan fingerprint density at radius 3 is 2.89 bits per heavy atom. The Balaban J connectivity index is 2.44.